The number of rotatable bonds is 5. The molecule has 310 valence electrons. The average Bonchev–Trinajstić information content (AvgIpc) is 3.72. The van der Waals surface area contributed by atoms with E-state index in [0.29, 0.717) is 0 Å². The van der Waals surface area contributed by atoms with Crippen molar-refractivity contribution in [2.45, 2.75) is 0 Å². The summed E-state index contributed by atoms with van der Waals surface area (Å²) in [6.07, 6.45) is 0. The van der Waals surface area contributed by atoms with E-state index in [0.717, 1.165) is 39.2 Å². The zero-order valence-electron chi connectivity index (χ0n) is 36.5. The number of benzene rings is 12. The van der Waals surface area contributed by atoms with Crippen LogP contribution in [0.3, 0.4) is 0 Å². The minimum Gasteiger partial charge on any atom is -0.309 e. The molecule has 0 amide bonds. The molecule has 2 heterocycles. The van der Waals surface area contributed by atoms with Gasteiger partial charge < -0.3 is 4.57 Å². The van der Waals surface area contributed by atoms with E-state index in [1.165, 1.54) is 97.7 Å². The molecule has 0 aliphatic rings. The predicted octanol–water partition coefficient (Wildman–Crippen LogP) is 17.8. The molecule has 0 saturated heterocycles. The van der Waals surface area contributed by atoms with Gasteiger partial charge in [0.05, 0.1) is 28.1 Å². The Morgan fingerprint density at radius 2 is 0.642 bits per heavy atom. The van der Waals surface area contributed by atoms with Crippen molar-refractivity contribution in [3.63, 3.8) is 0 Å². The lowest BCUT2D eigenvalue weighted by Gasteiger charge is -2.15. The van der Waals surface area contributed by atoms with Crippen LogP contribution in [-0.4, -0.2) is 9.55 Å². The summed E-state index contributed by atoms with van der Waals surface area (Å²) >= 11 is 0. The molecule has 0 saturated carbocycles. The van der Waals surface area contributed by atoms with Gasteiger partial charge in [-0.05, 0) is 148 Å². The molecule has 0 atom stereocenters. The van der Waals surface area contributed by atoms with E-state index >= 15 is 0 Å². The zero-order valence-corrected chi connectivity index (χ0v) is 36.5. The average molecular weight is 849 g/mol. The molecule has 0 aliphatic heterocycles. The second kappa shape index (κ2) is 14.9. The normalized spacial score (nSPS) is 11.9. The summed E-state index contributed by atoms with van der Waals surface area (Å²) in [5, 5.41) is 17.2. The third kappa shape index (κ3) is 6.15. The first-order valence-electron chi connectivity index (χ1n) is 23.1. The maximum atomic E-state index is 5.47. The fraction of sp³-hybridized carbons (Fsp3) is 0. The zero-order chi connectivity index (χ0) is 44.0. The van der Waals surface area contributed by atoms with Gasteiger partial charge >= 0.3 is 0 Å². The monoisotopic (exact) mass is 848 g/mol. The van der Waals surface area contributed by atoms with Crippen molar-refractivity contribution in [1.82, 2.24) is 9.55 Å². The SMILES string of the molecule is c1ccc(-c2ccc3c(c2)c2cc4c5cc(-c6ccc7ccccc7c6)ccc5c5ccccc5c4cc2n3-c2cc(-c3ccc4ccccc4c3)nc(-c3ccc4ccccc4c3)c2)cc1. The van der Waals surface area contributed by atoms with Gasteiger partial charge in [-0.3, -0.25) is 0 Å². The number of hydrogen-bond acceptors (Lipinski definition) is 1. The lowest BCUT2D eigenvalue weighted by molar-refractivity contribution is 1.16. The summed E-state index contributed by atoms with van der Waals surface area (Å²) in [4.78, 5) is 5.47. The van der Waals surface area contributed by atoms with Crippen LogP contribution in [0.1, 0.15) is 0 Å². The molecule has 2 nitrogen and oxygen atoms in total. The van der Waals surface area contributed by atoms with Gasteiger partial charge in [0.15, 0.2) is 0 Å². The number of hydrogen-bond donors (Lipinski definition) is 0. The van der Waals surface area contributed by atoms with E-state index < -0.39 is 0 Å². The molecule has 0 bridgehead atoms. The van der Waals surface area contributed by atoms with Crippen LogP contribution in [0.25, 0.3) is 137 Å². The summed E-state index contributed by atoms with van der Waals surface area (Å²) in [7, 11) is 0. The molecule has 2 aromatic heterocycles. The van der Waals surface area contributed by atoms with E-state index in [1.54, 1.807) is 0 Å². The highest BCUT2D eigenvalue weighted by Gasteiger charge is 2.20. The molecule has 0 fully saturated rings. The smallest absolute Gasteiger partial charge is 0.0730 e. The quantitative estimate of drug-likeness (QED) is 0.158. The van der Waals surface area contributed by atoms with Gasteiger partial charge in [-0.25, -0.2) is 4.98 Å². The van der Waals surface area contributed by atoms with E-state index in [2.05, 4.69) is 247 Å². The van der Waals surface area contributed by atoms with Crippen molar-refractivity contribution in [3.05, 3.63) is 243 Å². The standard InChI is InChI=1S/C65H40N2/c1-2-12-41(13-3-1)49-29-31-64-60(36-49)61-39-58-57-35-50(48-25-22-42-14-4-7-17-45(42)32-48)28-30-56(57)54-20-10-11-21-55(54)59(58)40-65(61)67(64)53-37-62(51-26-23-43-15-5-8-18-46(43)33-51)66-63(38-53)52-27-24-44-16-6-9-19-47(44)34-52/h1-40H. The first-order valence-corrected chi connectivity index (χ1v) is 23.1. The van der Waals surface area contributed by atoms with E-state index in [1.807, 2.05) is 0 Å². The predicted molar refractivity (Wildman–Crippen MR) is 285 cm³/mol. The topological polar surface area (TPSA) is 17.8 Å². The van der Waals surface area contributed by atoms with Gasteiger partial charge in [0, 0.05) is 21.9 Å². The molecule has 12 aromatic carbocycles. The second-order valence-corrected chi connectivity index (χ2v) is 17.9. The van der Waals surface area contributed by atoms with Gasteiger partial charge in [0.25, 0.3) is 0 Å². The van der Waals surface area contributed by atoms with Gasteiger partial charge in [0.2, 0.25) is 0 Å². The highest BCUT2D eigenvalue weighted by atomic mass is 15.0. The maximum absolute atomic E-state index is 5.47. The lowest BCUT2D eigenvalue weighted by atomic mass is 9.90. The van der Waals surface area contributed by atoms with Gasteiger partial charge in [-0.15, -0.1) is 0 Å². The summed E-state index contributed by atoms with van der Waals surface area (Å²) in [5.74, 6) is 0. The van der Waals surface area contributed by atoms with Crippen LogP contribution < -0.4 is 0 Å². The molecular formula is C65H40N2. The second-order valence-electron chi connectivity index (χ2n) is 17.9. The van der Waals surface area contributed by atoms with Crippen LogP contribution in [0, 0.1) is 0 Å². The van der Waals surface area contributed by atoms with E-state index in [9.17, 15) is 0 Å². The number of nitrogens with zero attached hydrogens (tertiary/aromatic N) is 2. The maximum Gasteiger partial charge on any atom is 0.0730 e. The Bertz CT molecular complexity index is 4230. The van der Waals surface area contributed by atoms with Crippen molar-refractivity contribution < 1.29 is 0 Å². The minimum atomic E-state index is 0.931. The highest BCUT2D eigenvalue weighted by Crippen LogP contribution is 2.44. The molecule has 0 N–H and O–H groups in total. The van der Waals surface area contributed by atoms with E-state index in [4.69, 9.17) is 4.98 Å². The summed E-state index contributed by atoms with van der Waals surface area (Å²) in [6.45, 7) is 0. The van der Waals surface area contributed by atoms with Gasteiger partial charge in [-0.2, -0.15) is 0 Å². The van der Waals surface area contributed by atoms with Crippen molar-refractivity contribution in [3.8, 4) is 50.5 Å². The fourth-order valence-corrected chi connectivity index (χ4v) is 10.7. The highest BCUT2D eigenvalue weighted by molar-refractivity contribution is 6.29. The van der Waals surface area contributed by atoms with Crippen LogP contribution in [0.4, 0.5) is 0 Å². The van der Waals surface area contributed by atoms with Crippen molar-refractivity contribution >= 4 is 86.4 Å². The van der Waals surface area contributed by atoms with Crippen LogP contribution >= 0.6 is 0 Å². The van der Waals surface area contributed by atoms with Crippen LogP contribution in [-0.2, 0) is 0 Å². The summed E-state index contributed by atoms with van der Waals surface area (Å²) in [5.41, 5.74) is 12.2. The fourth-order valence-electron chi connectivity index (χ4n) is 10.7. The van der Waals surface area contributed by atoms with Crippen molar-refractivity contribution in [1.29, 1.82) is 0 Å². The number of fused-ring (bicyclic) bond motifs is 12. The summed E-state index contributed by atoms with van der Waals surface area (Å²) in [6, 6.07) is 89.3. The number of aromatic nitrogens is 2. The molecule has 14 aromatic rings. The van der Waals surface area contributed by atoms with Gasteiger partial charge in [0.1, 0.15) is 0 Å². The third-order valence-corrected chi connectivity index (χ3v) is 14.1. The Balaban J connectivity index is 1.08. The Morgan fingerprint density at radius 1 is 0.224 bits per heavy atom. The van der Waals surface area contributed by atoms with Gasteiger partial charge in [-0.1, -0.05) is 182 Å². The molecular weight excluding hydrogens is 809 g/mol. The molecule has 2 heteroatoms. The Kier molecular flexibility index (Phi) is 8.32. The number of pyridine rings is 1. The van der Waals surface area contributed by atoms with Crippen molar-refractivity contribution in [2.24, 2.45) is 0 Å². The molecule has 0 unspecified atom stereocenters. The summed E-state index contributed by atoms with van der Waals surface area (Å²) < 4.78 is 2.49. The molecule has 14 rings (SSSR count). The minimum absolute atomic E-state index is 0.931. The molecule has 0 radical (unpaired) electrons. The third-order valence-electron chi connectivity index (χ3n) is 14.1. The van der Waals surface area contributed by atoms with Crippen LogP contribution in [0.2, 0.25) is 0 Å². The van der Waals surface area contributed by atoms with Crippen molar-refractivity contribution in [2.75, 3.05) is 0 Å². The van der Waals surface area contributed by atoms with Crippen LogP contribution in [0.15, 0.2) is 243 Å². The Hall–Kier alpha value is -8.85. The molecule has 67 heavy (non-hydrogen) atoms. The molecule has 0 aliphatic carbocycles. The first kappa shape index (κ1) is 37.5. The van der Waals surface area contributed by atoms with Crippen LogP contribution in [0.5, 0.6) is 0 Å². The first-order chi connectivity index (χ1) is 33.2. The Labute approximate surface area is 387 Å². The largest absolute Gasteiger partial charge is 0.309 e. The lowest BCUT2D eigenvalue weighted by Crippen LogP contribution is -1.98. The van der Waals surface area contributed by atoms with E-state index in [-0.39, 0.29) is 0 Å². The molecule has 0 spiro atoms. The Morgan fingerprint density at radius 3 is 1.28 bits per heavy atom.